The fraction of sp³-hybridized carbons (Fsp3) is 0.333. The molecule has 9 heteroatoms. The Morgan fingerprint density at radius 3 is 2.70 bits per heavy atom. The van der Waals surface area contributed by atoms with Crippen LogP contribution in [0.5, 0.6) is 0 Å². The van der Waals surface area contributed by atoms with E-state index in [1.807, 2.05) is 18.4 Å². The van der Waals surface area contributed by atoms with Crippen LogP contribution in [0, 0.1) is 20.8 Å². The van der Waals surface area contributed by atoms with Gasteiger partial charge in [-0.2, -0.15) is 0 Å². The van der Waals surface area contributed by atoms with Crippen molar-refractivity contribution in [3.05, 3.63) is 50.9 Å². The van der Waals surface area contributed by atoms with Crippen LogP contribution in [0.15, 0.2) is 22.0 Å². The molecule has 0 aliphatic heterocycles. The monoisotopic (exact) mass is 389 g/mol. The molecule has 0 unspecified atom stereocenters. The average molecular weight is 389 g/mol. The highest BCUT2D eigenvalue weighted by Crippen LogP contribution is 2.21. The highest BCUT2D eigenvalue weighted by Gasteiger charge is 2.20. The molecule has 0 bridgehead atoms. The molecule has 0 aromatic carbocycles. The number of aryl methyl sites for hydroxylation is 2. The van der Waals surface area contributed by atoms with Gasteiger partial charge < -0.3 is 14.0 Å². The molecule has 0 radical (unpaired) electrons. The van der Waals surface area contributed by atoms with E-state index in [0.717, 1.165) is 5.69 Å². The summed E-state index contributed by atoms with van der Waals surface area (Å²) in [4.78, 5) is 28.7. The molecular formula is C18H19N3O5S. The number of methoxy groups -OCH3 is 1. The van der Waals surface area contributed by atoms with Gasteiger partial charge in [0.15, 0.2) is 18.1 Å². The Hall–Kier alpha value is -2.78. The van der Waals surface area contributed by atoms with Crippen molar-refractivity contribution in [1.29, 1.82) is 0 Å². The maximum absolute atomic E-state index is 12.5. The normalized spacial score (nSPS) is 11.0. The maximum atomic E-state index is 12.5. The standard InChI is InChI=1S/C18H19N3O5S/c1-10-5-13(12(3)21(10)16-6-11(2)26-20-16)15(22)7-25-18(23)14-9-27-17(19-14)8-24-4/h5-6,9H,7-8H2,1-4H3. The van der Waals surface area contributed by atoms with Crippen molar-refractivity contribution in [3.63, 3.8) is 0 Å². The fourth-order valence-electron chi connectivity index (χ4n) is 2.73. The number of rotatable bonds is 7. The summed E-state index contributed by atoms with van der Waals surface area (Å²) in [6.07, 6.45) is 0. The molecule has 27 heavy (non-hydrogen) atoms. The molecule has 0 fully saturated rings. The molecule has 3 rings (SSSR count). The van der Waals surface area contributed by atoms with Gasteiger partial charge in [0.05, 0.1) is 6.61 Å². The Bertz CT molecular complexity index is 985. The first-order valence-corrected chi connectivity index (χ1v) is 9.05. The Morgan fingerprint density at radius 2 is 2.04 bits per heavy atom. The number of carbonyl (C=O) groups is 2. The van der Waals surface area contributed by atoms with Crippen LogP contribution in [0.3, 0.4) is 0 Å². The lowest BCUT2D eigenvalue weighted by Gasteiger charge is -2.05. The molecule has 0 atom stereocenters. The number of thiazole rings is 1. The molecule has 3 aromatic heterocycles. The summed E-state index contributed by atoms with van der Waals surface area (Å²) in [6.45, 7) is 5.44. The van der Waals surface area contributed by atoms with Crippen LogP contribution < -0.4 is 0 Å². The van der Waals surface area contributed by atoms with Crippen molar-refractivity contribution in [2.75, 3.05) is 13.7 Å². The second-order valence-electron chi connectivity index (χ2n) is 5.97. The van der Waals surface area contributed by atoms with Gasteiger partial charge in [-0.3, -0.25) is 9.36 Å². The number of aromatic nitrogens is 3. The van der Waals surface area contributed by atoms with Gasteiger partial charge in [0.2, 0.25) is 5.78 Å². The van der Waals surface area contributed by atoms with Crippen LogP contribution in [0.1, 0.15) is 43.0 Å². The minimum atomic E-state index is -0.636. The van der Waals surface area contributed by atoms with E-state index in [4.69, 9.17) is 14.0 Å². The SMILES string of the molecule is COCc1nc(C(=O)OCC(=O)c2cc(C)n(-c3cc(C)on3)c2C)cs1. The van der Waals surface area contributed by atoms with Gasteiger partial charge in [-0.05, 0) is 26.8 Å². The van der Waals surface area contributed by atoms with Crippen molar-refractivity contribution in [2.45, 2.75) is 27.4 Å². The molecule has 3 aromatic rings. The average Bonchev–Trinajstić information content (AvgIpc) is 3.33. The van der Waals surface area contributed by atoms with Gasteiger partial charge in [0, 0.05) is 35.5 Å². The van der Waals surface area contributed by atoms with Crippen molar-refractivity contribution < 1.29 is 23.6 Å². The molecule has 0 N–H and O–H groups in total. The number of ketones is 1. The summed E-state index contributed by atoms with van der Waals surface area (Å²) in [7, 11) is 1.55. The van der Waals surface area contributed by atoms with Crippen molar-refractivity contribution in [1.82, 2.24) is 14.7 Å². The maximum Gasteiger partial charge on any atom is 0.358 e. The van der Waals surface area contributed by atoms with E-state index >= 15 is 0 Å². The van der Waals surface area contributed by atoms with Crippen LogP contribution in [0.2, 0.25) is 0 Å². The molecule has 8 nitrogen and oxygen atoms in total. The van der Waals surface area contributed by atoms with E-state index in [9.17, 15) is 9.59 Å². The summed E-state index contributed by atoms with van der Waals surface area (Å²) in [5, 5.41) is 6.24. The van der Waals surface area contributed by atoms with Crippen molar-refractivity contribution in [2.24, 2.45) is 0 Å². The van der Waals surface area contributed by atoms with E-state index in [1.54, 1.807) is 31.5 Å². The number of nitrogens with zero attached hydrogens (tertiary/aromatic N) is 3. The Labute approximate surface area is 159 Å². The highest BCUT2D eigenvalue weighted by molar-refractivity contribution is 7.09. The first-order chi connectivity index (χ1) is 12.9. The third kappa shape index (κ3) is 3.99. The van der Waals surface area contributed by atoms with Crippen LogP contribution in [0.25, 0.3) is 5.82 Å². The lowest BCUT2D eigenvalue weighted by Crippen LogP contribution is -2.15. The van der Waals surface area contributed by atoms with Gasteiger partial charge >= 0.3 is 5.97 Å². The number of ether oxygens (including phenoxy) is 2. The lowest BCUT2D eigenvalue weighted by atomic mass is 10.1. The molecule has 0 amide bonds. The van der Waals surface area contributed by atoms with Crippen LogP contribution in [0.4, 0.5) is 0 Å². The summed E-state index contributed by atoms with van der Waals surface area (Å²) < 4.78 is 17.0. The van der Waals surface area contributed by atoms with E-state index in [-0.39, 0.29) is 18.1 Å². The predicted octanol–water partition coefficient (Wildman–Crippen LogP) is 3.03. The third-order valence-electron chi connectivity index (χ3n) is 3.94. The summed E-state index contributed by atoms with van der Waals surface area (Å²) >= 11 is 1.30. The lowest BCUT2D eigenvalue weighted by molar-refractivity contribution is 0.0469. The Balaban J connectivity index is 1.70. The Morgan fingerprint density at radius 1 is 1.26 bits per heavy atom. The minimum absolute atomic E-state index is 0.170. The number of hydrogen-bond donors (Lipinski definition) is 0. The van der Waals surface area contributed by atoms with E-state index in [0.29, 0.717) is 34.4 Å². The molecule has 0 aliphatic carbocycles. The minimum Gasteiger partial charge on any atom is -0.453 e. The largest absolute Gasteiger partial charge is 0.453 e. The third-order valence-corrected chi connectivity index (χ3v) is 4.76. The molecule has 0 aliphatic rings. The first-order valence-electron chi connectivity index (χ1n) is 8.17. The molecule has 0 spiro atoms. The second kappa shape index (κ2) is 7.85. The van der Waals surface area contributed by atoms with Crippen LogP contribution in [-0.2, 0) is 16.1 Å². The van der Waals surface area contributed by atoms with Crippen molar-refractivity contribution >= 4 is 23.1 Å². The fourth-order valence-corrected chi connectivity index (χ4v) is 3.47. The van der Waals surface area contributed by atoms with Gasteiger partial charge in [-0.1, -0.05) is 5.16 Å². The van der Waals surface area contributed by atoms with Gasteiger partial charge in [0.1, 0.15) is 10.8 Å². The number of carbonyl (C=O) groups excluding carboxylic acids is 2. The number of hydrogen-bond acceptors (Lipinski definition) is 8. The number of Topliss-reactive ketones (excluding diaryl/α,β-unsaturated/α-hetero) is 1. The van der Waals surface area contributed by atoms with Gasteiger partial charge in [0.25, 0.3) is 0 Å². The van der Waals surface area contributed by atoms with Crippen LogP contribution >= 0.6 is 11.3 Å². The summed E-state index contributed by atoms with van der Waals surface area (Å²) in [5.74, 6) is 0.347. The molecule has 142 valence electrons. The van der Waals surface area contributed by atoms with Crippen LogP contribution in [-0.4, -0.2) is 40.2 Å². The van der Waals surface area contributed by atoms with Crippen molar-refractivity contribution in [3.8, 4) is 5.82 Å². The smallest absolute Gasteiger partial charge is 0.358 e. The van der Waals surface area contributed by atoms with E-state index < -0.39 is 5.97 Å². The summed E-state index contributed by atoms with van der Waals surface area (Å²) in [5.41, 5.74) is 2.18. The molecule has 0 saturated heterocycles. The zero-order chi connectivity index (χ0) is 19.6. The first kappa shape index (κ1) is 19.0. The van der Waals surface area contributed by atoms with E-state index in [1.165, 1.54) is 11.3 Å². The molecular weight excluding hydrogens is 370 g/mol. The highest BCUT2D eigenvalue weighted by atomic mass is 32.1. The Kier molecular flexibility index (Phi) is 5.52. The zero-order valence-corrected chi connectivity index (χ0v) is 16.3. The number of esters is 1. The molecule has 0 saturated carbocycles. The van der Waals surface area contributed by atoms with Gasteiger partial charge in [-0.15, -0.1) is 11.3 Å². The predicted molar refractivity (Wildman–Crippen MR) is 97.5 cm³/mol. The second-order valence-corrected chi connectivity index (χ2v) is 6.92. The van der Waals surface area contributed by atoms with Gasteiger partial charge in [-0.25, -0.2) is 9.78 Å². The zero-order valence-electron chi connectivity index (χ0n) is 15.4. The van der Waals surface area contributed by atoms with E-state index in [2.05, 4.69) is 10.1 Å². The summed E-state index contributed by atoms with van der Waals surface area (Å²) in [6, 6.07) is 3.53. The molecule has 3 heterocycles. The topological polar surface area (TPSA) is 96.5 Å². The quantitative estimate of drug-likeness (QED) is 0.452.